The first-order valence-corrected chi connectivity index (χ1v) is 11.0. The fraction of sp³-hybridized carbons (Fsp3) is 0.240. The van der Waals surface area contributed by atoms with Crippen LogP contribution in [0, 0.1) is 0 Å². The van der Waals surface area contributed by atoms with Crippen LogP contribution in [-0.4, -0.2) is 37.9 Å². The highest BCUT2D eigenvalue weighted by Gasteiger charge is 2.25. The van der Waals surface area contributed by atoms with Gasteiger partial charge < -0.3 is 14.8 Å². The van der Waals surface area contributed by atoms with Gasteiger partial charge in [-0.15, -0.1) is 11.3 Å². The van der Waals surface area contributed by atoms with E-state index in [9.17, 15) is 14.4 Å². The minimum Gasteiger partial charge on any atom is -0.497 e. The molecular formula is C25H25NO5S. The highest BCUT2D eigenvalue weighted by atomic mass is 32.1. The number of rotatable bonds is 9. The topological polar surface area (TPSA) is 81.7 Å². The summed E-state index contributed by atoms with van der Waals surface area (Å²) in [4.78, 5) is 38.3. The summed E-state index contributed by atoms with van der Waals surface area (Å²) in [6, 6.07) is 17.1. The number of methoxy groups -OCH3 is 2. The Bertz CT molecular complexity index is 1060. The number of hydrogen-bond acceptors (Lipinski definition) is 6. The van der Waals surface area contributed by atoms with Crippen molar-refractivity contribution in [2.24, 2.45) is 0 Å². The summed E-state index contributed by atoms with van der Waals surface area (Å²) in [6.07, 6.45) is 0.295. The van der Waals surface area contributed by atoms with Gasteiger partial charge >= 0.3 is 5.97 Å². The van der Waals surface area contributed by atoms with E-state index < -0.39 is 17.9 Å². The lowest BCUT2D eigenvalue weighted by Gasteiger charge is -2.20. The van der Waals surface area contributed by atoms with Gasteiger partial charge in [0.25, 0.3) is 0 Å². The number of thiophene rings is 1. The highest BCUT2D eigenvalue weighted by Crippen LogP contribution is 2.20. The van der Waals surface area contributed by atoms with E-state index >= 15 is 0 Å². The van der Waals surface area contributed by atoms with E-state index in [0.717, 1.165) is 11.1 Å². The molecule has 0 bridgehead atoms. The van der Waals surface area contributed by atoms with Crippen molar-refractivity contribution < 1.29 is 23.9 Å². The second kappa shape index (κ2) is 10.7. The highest BCUT2D eigenvalue weighted by molar-refractivity contribution is 7.12. The molecule has 3 aromatic rings. The van der Waals surface area contributed by atoms with Crippen molar-refractivity contribution >= 4 is 29.0 Å². The Hall–Kier alpha value is -3.45. The zero-order chi connectivity index (χ0) is 23.1. The van der Waals surface area contributed by atoms with Gasteiger partial charge in [0.15, 0.2) is 0 Å². The molecule has 0 spiro atoms. The summed E-state index contributed by atoms with van der Waals surface area (Å²) >= 11 is 1.39. The number of esters is 1. The molecule has 2 aromatic carbocycles. The van der Waals surface area contributed by atoms with Crippen LogP contribution < -0.4 is 10.1 Å². The molecule has 0 aliphatic carbocycles. The molecule has 1 N–H and O–H groups in total. The first kappa shape index (κ1) is 23.2. The van der Waals surface area contributed by atoms with E-state index in [-0.39, 0.29) is 11.7 Å². The van der Waals surface area contributed by atoms with Gasteiger partial charge in [-0.2, -0.15) is 0 Å². The van der Waals surface area contributed by atoms with Gasteiger partial charge in [0.1, 0.15) is 11.8 Å². The normalized spacial score (nSPS) is 12.5. The van der Waals surface area contributed by atoms with Crippen LogP contribution in [0.2, 0.25) is 0 Å². The van der Waals surface area contributed by atoms with Crippen LogP contribution in [0.3, 0.4) is 0 Å². The van der Waals surface area contributed by atoms with Gasteiger partial charge in [0.2, 0.25) is 11.7 Å². The fourth-order valence-corrected chi connectivity index (χ4v) is 3.94. The second-order valence-electron chi connectivity index (χ2n) is 7.29. The molecule has 1 amide bonds. The molecule has 166 valence electrons. The molecule has 0 fully saturated rings. The van der Waals surface area contributed by atoms with E-state index in [0.29, 0.717) is 22.6 Å². The molecule has 1 aromatic heterocycles. The van der Waals surface area contributed by atoms with Crippen LogP contribution in [0.4, 0.5) is 0 Å². The maximum atomic E-state index is 12.9. The number of ketones is 1. The zero-order valence-electron chi connectivity index (χ0n) is 18.2. The Balaban J connectivity index is 1.68. The van der Waals surface area contributed by atoms with Crippen LogP contribution in [0.1, 0.15) is 39.2 Å². The molecule has 6 nitrogen and oxygen atoms in total. The Kier molecular flexibility index (Phi) is 7.78. The van der Waals surface area contributed by atoms with E-state index in [1.807, 2.05) is 23.6 Å². The smallest absolute Gasteiger partial charge is 0.328 e. The minimum absolute atomic E-state index is 0.0473. The van der Waals surface area contributed by atoms with E-state index in [2.05, 4.69) is 5.32 Å². The second-order valence-corrected chi connectivity index (χ2v) is 8.23. The summed E-state index contributed by atoms with van der Waals surface area (Å²) in [5.74, 6) is -0.663. The predicted molar refractivity (Wildman–Crippen MR) is 123 cm³/mol. The van der Waals surface area contributed by atoms with Crippen molar-refractivity contribution in [1.29, 1.82) is 0 Å². The van der Waals surface area contributed by atoms with Crippen LogP contribution >= 0.6 is 11.3 Å². The summed E-state index contributed by atoms with van der Waals surface area (Å²) in [5.41, 5.74) is 2.18. The number of benzene rings is 2. The van der Waals surface area contributed by atoms with E-state index in [1.165, 1.54) is 18.4 Å². The van der Waals surface area contributed by atoms with Crippen LogP contribution in [0.5, 0.6) is 5.75 Å². The average molecular weight is 452 g/mol. The molecular weight excluding hydrogens is 426 g/mol. The summed E-state index contributed by atoms with van der Waals surface area (Å²) < 4.78 is 10.0. The van der Waals surface area contributed by atoms with Crippen molar-refractivity contribution in [3.63, 3.8) is 0 Å². The Morgan fingerprint density at radius 3 is 2.22 bits per heavy atom. The molecule has 7 heteroatoms. The maximum Gasteiger partial charge on any atom is 0.328 e. The van der Waals surface area contributed by atoms with Gasteiger partial charge in [0, 0.05) is 12.0 Å². The zero-order valence-corrected chi connectivity index (χ0v) is 19.0. The van der Waals surface area contributed by atoms with Gasteiger partial charge in [0.05, 0.1) is 25.0 Å². The summed E-state index contributed by atoms with van der Waals surface area (Å²) in [6.45, 7) is 1.76. The Morgan fingerprint density at radius 1 is 0.969 bits per heavy atom. The maximum absolute atomic E-state index is 12.9. The summed E-state index contributed by atoms with van der Waals surface area (Å²) in [7, 11) is 2.88. The lowest BCUT2D eigenvalue weighted by atomic mass is 9.97. The largest absolute Gasteiger partial charge is 0.497 e. The predicted octanol–water partition coefficient (Wildman–Crippen LogP) is 3.99. The fourth-order valence-electron chi connectivity index (χ4n) is 3.25. The third kappa shape index (κ3) is 5.62. The lowest BCUT2D eigenvalue weighted by Crippen LogP contribution is -2.44. The molecule has 3 rings (SSSR count). The number of ether oxygens (including phenoxy) is 2. The van der Waals surface area contributed by atoms with E-state index in [4.69, 9.17) is 9.47 Å². The molecule has 32 heavy (non-hydrogen) atoms. The molecule has 2 atom stereocenters. The quantitative estimate of drug-likeness (QED) is 0.393. The van der Waals surface area contributed by atoms with Crippen molar-refractivity contribution in [3.8, 4) is 5.75 Å². The first-order valence-electron chi connectivity index (χ1n) is 10.1. The van der Waals surface area contributed by atoms with Gasteiger partial charge in [-0.1, -0.05) is 42.5 Å². The van der Waals surface area contributed by atoms with Crippen molar-refractivity contribution in [1.82, 2.24) is 5.32 Å². The van der Waals surface area contributed by atoms with Gasteiger partial charge in [-0.3, -0.25) is 9.59 Å². The van der Waals surface area contributed by atoms with Crippen molar-refractivity contribution in [3.05, 3.63) is 87.6 Å². The molecule has 1 heterocycles. The summed E-state index contributed by atoms with van der Waals surface area (Å²) in [5, 5.41) is 4.65. The molecule has 0 radical (unpaired) electrons. The monoisotopic (exact) mass is 451 g/mol. The molecule has 0 saturated carbocycles. The number of amides is 1. The lowest BCUT2D eigenvalue weighted by molar-refractivity contribution is -0.145. The van der Waals surface area contributed by atoms with Gasteiger partial charge in [-0.25, -0.2) is 4.79 Å². The van der Waals surface area contributed by atoms with Crippen LogP contribution in [0.15, 0.2) is 66.0 Å². The third-order valence-corrected chi connectivity index (χ3v) is 6.08. The SMILES string of the molecule is COC(=O)[C@H](Cc1ccc(OC)cc1)NC(=O)[C@H](C)c1ccc(C(=O)c2cccs2)cc1. The average Bonchev–Trinajstić information content (AvgIpc) is 3.37. The number of hydrogen-bond donors (Lipinski definition) is 1. The number of carbonyl (C=O) groups is 3. The minimum atomic E-state index is -0.817. The first-order chi connectivity index (χ1) is 15.4. The van der Waals surface area contributed by atoms with E-state index in [1.54, 1.807) is 56.5 Å². The number of carbonyl (C=O) groups excluding carboxylic acids is 3. The Morgan fingerprint density at radius 2 is 1.66 bits per heavy atom. The van der Waals surface area contributed by atoms with Crippen molar-refractivity contribution in [2.75, 3.05) is 14.2 Å². The van der Waals surface area contributed by atoms with Crippen LogP contribution in [0.25, 0.3) is 0 Å². The van der Waals surface area contributed by atoms with Crippen molar-refractivity contribution in [2.45, 2.75) is 25.3 Å². The molecule has 0 unspecified atom stereocenters. The van der Waals surface area contributed by atoms with Crippen LogP contribution in [-0.2, 0) is 20.7 Å². The standard InChI is InChI=1S/C25H25NO5S/c1-16(18-8-10-19(11-9-18)23(27)22-5-4-14-32-22)24(28)26-21(25(29)31-3)15-17-6-12-20(30-2)13-7-17/h4-14,16,21H,15H2,1-3H3,(H,26,28)/t16-,21+/m1/s1. The number of nitrogens with one attached hydrogen (secondary N) is 1. The third-order valence-electron chi connectivity index (χ3n) is 5.21. The van der Waals surface area contributed by atoms with Gasteiger partial charge in [-0.05, 0) is 41.6 Å². The molecule has 0 saturated heterocycles. The molecule has 0 aliphatic rings. The molecule has 0 aliphatic heterocycles. The Labute approximate surface area is 191 Å².